The second-order valence-corrected chi connectivity index (χ2v) is 12.6. The quantitative estimate of drug-likeness (QED) is 0.301. The van der Waals surface area contributed by atoms with Crippen molar-refractivity contribution in [2.45, 2.75) is 50.1 Å². The van der Waals surface area contributed by atoms with E-state index in [0.717, 1.165) is 11.3 Å². The van der Waals surface area contributed by atoms with Crippen LogP contribution in [-0.4, -0.2) is 61.5 Å². The van der Waals surface area contributed by atoms with Gasteiger partial charge in [-0.25, -0.2) is 13.4 Å². The normalized spacial score (nSPS) is 15.2. The minimum Gasteiger partial charge on any atom is -0.462 e. The topological polar surface area (TPSA) is 140 Å². The third-order valence-corrected chi connectivity index (χ3v) is 9.25. The number of carbonyl (C=O) groups excluding carboxylic acids is 3. The van der Waals surface area contributed by atoms with Gasteiger partial charge in [0.15, 0.2) is 0 Å². The molecule has 0 bridgehead atoms. The number of halogens is 1. The third kappa shape index (κ3) is 6.89. The van der Waals surface area contributed by atoms with Gasteiger partial charge in [-0.15, -0.1) is 11.3 Å². The molecule has 214 valence electrons. The lowest BCUT2D eigenvalue weighted by atomic mass is 10.1. The fourth-order valence-electron chi connectivity index (χ4n) is 4.38. The van der Waals surface area contributed by atoms with Crippen LogP contribution in [-0.2, 0) is 30.8 Å². The fourth-order valence-corrected chi connectivity index (χ4v) is 6.85. The molecule has 1 aliphatic rings. The Bertz CT molecular complexity index is 1470. The molecule has 0 saturated carbocycles. The Kier molecular flexibility index (Phi) is 9.61. The summed E-state index contributed by atoms with van der Waals surface area (Å²) >= 11 is 6.98. The molecule has 40 heavy (non-hydrogen) atoms. The van der Waals surface area contributed by atoms with Gasteiger partial charge in [0, 0.05) is 37.6 Å². The van der Waals surface area contributed by atoms with Crippen LogP contribution < -0.4 is 14.9 Å². The van der Waals surface area contributed by atoms with Crippen LogP contribution in [0.5, 0.6) is 0 Å². The highest BCUT2D eigenvalue weighted by molar-refractivity contribution is 7.89. The maximum atomic E-state index is 13.7. The van der Waals surface area contributed by atoms with E-state index in [1.54, 1.807) is 53.3 Å². The summed E-state index contributed by atoms with van der Waals surface area (Å²) in [5.41, 5.74) is 0.993. The zero-order valence-corrected chi connectivity index (χ0v) is 24.4. The molecule has 1 fully saturated rings. The molecule has 2 amide bonds. The number of amides is 2. The molecule has 4 rings (SSSR count). The monoisotopic (exact) mass is 607 g/mol. The van der Waals surface area contributed by atoms with E-state index < -0.39 is 27.9 Å². The predicted octanol–water partition coefficient (Wildman–Crippen LogP) is 3.17. The molecular formula is C26H30ClN5O6S2. The van der Waals surface area contributed by atoms with Gasteiger partial charge < -0.3 is 19.5 Å². The van der Waals surface area contributed by atoms with E-state index in [0.29, 0.717) is 46.3 Å². The largest absolute Gasteiger partial charge is 0.462 e. The molecule has 1 unspecified atom stereocenters. The van der Waals surface area contributed by atoms with Gasteiger partial charge >= 0.3 is 5.97 Å². The number of thiophene rings is 1. The van der Waals surface area contributed by atoms with E-state index in [-0.39, 0.29) is 30.0 Å². The minimum atomic E-state index is -4.28. The van der Waals surface area contributed by atoms with Gasteiger partial charge in [-0.3, -0.25) is 14.4 Å². The van der Waals surface area contributed by atoms with Gasteiger partial charge in [0.05, 0.1) is 26.5 Å². The number of hydrogen-bond acceptors (Lipinski definition) is 8. The zero-order chi connectivity index (χ0) is 28.9. The summed E-state index contributed by atoms with van der Waals surface area (Å²) in [5.74, 6) is -1.43. The number of imidazole rings is 1. The molecule has 2 aromatic heterocycles. The number of ether oxygens (including phenoxy) is 1. The van der Waals surface area contributed by atoms with Crippen LogP contribution in [0.25, 0.3) is 0 Å². The van der Waals surface area contributed by atoms with Gasteiger partial charge in [-0.05, 0) is 49.6 Å². The van der Waals surface area contributed by atoms with E-state index in [9.17, 15) is 22.8 Å². The van der Waals surface area contributed by atoms with Crippen molar-refractivity contribution in [3.63, 3.8) is 0 Å². The van der Waals surface area contributed by atoms with Crippen molar-refractivity contribution in [1.82, 2.24) is 19.6 Å². The molecule has 0 radical (unpaired) electrons. The molecule has 1 aromatic carbocycles. The molecule has 14 heteroatoms. The first-order chi connectivity index (χ1) is 19.1. The summed E-state index contributed by atoms with van der Waals surface area (Å²) < 4.78 is 37.3. The number of sulfonamides is 1. The van der Waals surface area contributed by atoms with Crippen molar-refractivity contribution < 1.29 is 27.5 Å². The highest BCUT2D eigenvalue weighted by Crippen LogP contribution is 2.31. The summed E-state index contributed by atoms with van der Waals surface area (Å²) in [6.07, 6.45) is 6.32. The number of nitrogens with one attached hydrogen (secondary N) is 2. The highest BCUT2D eigenvalue weighted by atomic mass is 35.5. The molecule has 3 aromatic rings. The maximum Gasteiger partial charge on any atom is 0.326 e. The van der Waals surface area contributed by atoms with Crippen LogP contribution >= 0.6 is 22.9 Å². The lowest BCUT2D eigenvalue weighted by Gasteiger charge is -2.23. The van der Waals surface area contributed by atoms with Crippen LogP contribution in [0.2, 0.25) is 4.34 Å². The number of hydrogen-bond donors (Lipinski definition) is 2. The summed E-state index contributed by atoms with van der Waals surface area (Å²) in [5, 5.41) is 2.59. The number of nitrogens with zero attached hydrogens (tertiary/aromatic N) is 3. The second kappa shape index (κ2) is 12.9. The lowest BCUT2D eigenvalue weighted by molar-refractivity contribution is -0.146. The summed E-state index contributed by atoms with van der Waals surface area (Å²) in [6.45, 7) is 3.71. The Labute approximate surface area is 241 Å². The molecule has 1 aliphatic heterocycles. The van der Waals surface area contributed by atoms with E-state index in [1.807, 2.05) is 6.92 Å². The van der Waals surface area contributed by atoms with Crippen molar-refractivity contribution in [2.24, 2.45) is 0 Å². The first-order valence-corrected chi connectivity index (χ1v) is 15.4. The van der Waals surface area contributed by atoms with Crippen LogP contribution in [0, 0.1) is 0 Å². The Morgan fingerprint density at radius 2 is 2.05 bits per heavy atom. The smallest absolute Gasteiger partial charge is 0.326 e. The molecule has 11 nitrogen and oxygen atoms in total. The maximum absolute atomic E-state index is 13.7. The van der Waals surface area contributed by atoms with Gasteiger partial charge in [0.1, 0.15) is 12.6 Å². The van der Waals surface area contributed by atoms with Crippen LogP contribution in [0.15, 0.2) is 53.9 Å². The molecular weight excluding hydrogens is 578 g/mol. The first kappa shape index (κ1) is 29.7. The first-order valence-electron chi connectivity index (χ1n) is 12.7. The number of carbonyl (C=O) groups is 3. The Hall–Kier alpha value is -3.26. The standard InChI is InChI=1S/C26H30ClN5O6S2/c1-3-18-20(32-12-5-8-24(32)33)6-4-7-22(18)40(36,37)30-19(14-29-25(34)21-9-10-23(27)39-21)26(35)38-15-17(2)31-13-11-28-16-31/h4,6-7,9-11,13,16-17,19,30H,3,5,8,12,14-15H2,1-2H3,(H,29,34)/t17?,19-/m0/s1. The average Bonchev–Trinajstić information content (AvgIpc) is 3.71. The van der Waals surface area contributed by atoms with Gasteiger partial charge in [0.2, 0.25) is 15.9 Å². The zero-order valence-electron chi connectivity index (χ0n) is 22.0. The van der Waals surface area contributed by atoms with Crippen molar-refractivity contribution in [3.8, 4) is 0 Å². The summed E-state index contributed by atoms with van der Waals surface area (Å²) in [6, 6.07) is 6.13. The fraction of sp³-hybridized carbons (Fsp3) is 0.385. The number of aromatic nitrogens is 2. The molecule has 3 heterocycles. The molecule has 2 N–H and O–H groups in total. The van der Waals surface area contributed by atoms with Crippen LogP contribution in [0.3, 0.4) is 0 Å². The average molecular weight is 608 g/mol. The molecule has 2 atom stereocenters. The molecule has 1 saturated heterocycles. The van der Waals surface area contributed by atoms with Crippen molar-refractivity contribution in [2.75, 3.05) is 24.6 Å². The van der Waals surface area contributed by atoms with E-state index in [2.05, 4.69) is 15.0 Å². The van der Waals surface area contributed by atoms with Crippen molar-refractivity contribution >= 4 is 56.4 Å². The summed E-state index contributed by atoms with van der Waals surface area (Å²) in [4.78, 5) is 44.0. The van der Waals surface area contributed by atoms with E-state index in [4.69, 9.17) is 16.3 Å². The number of esters is 1. The number of anilines is 1. The summed E-state index contributed by atoms with van der Waals surface area (Å²) in [7, 11) is -4.28. The van der Waals surface area contributed by atoms with E-state index >= 15 is 0 Å². The lowest BCUT2D eigenvalue weighted by Crippen LogP contribution is -2.49. The van der Waals surface area contributed by atoms with Crippen molar-refractivity contribution in [1.29, 1.82) is 0 Å². The Morgan fingerprint density at radius 3 is 2.67 bits per heavy atom. The van der Waals surface area contributed by atoms with Gasteiger partial charge in [0.25, 0.3) is 5.91 Å². The van der Waals surface area contributed by atoms with Crippen molar-refractivity contribution in [3.05, 3.63) is 63.8 Å². The predicted molar refractivity (Wildman–Crippen MR) is 151 cm³/mol. The molecule has 0 spiro atoms. The third-order valence-electron chi connectivity index (χ3n) is 6.46. The van der Waals surface area contributed by atoms with Crippen LogP contribution in [0.4, 0.5) is 5.69 Å². The number of rotatable bonds is 12. The van der Waals surface area contributed by atoms with E-state index in [1.165, 1.54) is 12.1 Å². The minimum absolute atomic E-state index is 0.0470. The molecule has 0 aliphatic carbocycles. The Balaban J connectivity index is 1.56. The van der Waals surface area contributed by atoms with Gasteiger partial charge in [-0.1, -0.05) is 24.6 Å². The Morgan fingerprint density at radius 1 is 1.25 bits per heavy atom. The highest BCUT2D eigenvalue weighted by Gasteiger charge is 2.32. The van der Waals surface area contributed by atoms with Gasteiger partial charge in [-0.2, -0.15) is 4.72 Å². The number of benzene rings is 1. The second-order valence-electron chi connectivity index (χ2n) is 9.23. The van der Waals surface area contributed by atoms with Crippen LogP contribution in [0.1, 0.15) is 48.0 Å². The SMILES string of the molecule is CCc1c(N2CCCC2=O)cccc1S(=O)(=O)N[C@@H](CNC(=O)c1ccc(Cl)s1)C(=O)OCC(C)n1ccnc1.